The zero-order chi connectivity index (χ0) is 16.2. The fourth-order valence-corrected chi connectivity index (χ4v) is 2.85. The molecule has 4 rings (SSSR count). The predicted molar refractivity (Wildman–Crippen MR) is 95.7 cm³/mol. The van der Waals surface area contributed by atoms with Crippen LogP contribution in [0.15, 0.2) is 97.5 Å². The van der Waals surface area contributed by atoms with E-state index in [1.807, 2.05) is 59.9 Å². The van der Waals surface area contributed by atoms with Gasteiger partial charge in [0.1, 0.15) is 0 Å². The van der Waals surface area contributed by atoms with Gasteiger partial charge in [-0.05, 0) is 29.8 Å². The Labute approximate surface area is 142 Å². The zero-order valence-electron chi connectivity index (χ0n) is 13.2. The second-order valence-electron chi connectivity index (χ2n) is 5.58. The van der Waals surface area contributed by atoms with Gasteiger partial charge in [-0.3, -0.25) is 4.98 Å². The van der Waals surface area contributed by atoms with Gasteiger partial charge in [0.2, 0.25) is 6.67 Å². The minimum absolute atomic E-state index is 0.00244. The number of nitrogens with zero attached hydrogens (tertiary/aromatic N) is 3. The molecule has 1 aromatic heterocycles. The molecular formula is C21H17N3. The summed E-state index contributed by atoms with van der Waals surface area (Å²) in [6.07, 6.45) is 5.90. The molecule has 3 heteroatoms. The Morgan fingerprint density at radius 3 is 2.17 bits per heavy atom. The maximum absolute atomic E-state index is 4.56. The average Bonchev–Trinajstić information content (AvgIpc) is 3.14. The van der Waals surface area contributed by atoms with Crippen LogP contribution in [0.4, 0.5) is 5.69 Å². The highest BCUT2D eigenvalue weighted by Gasteiger charge is 2.27. The summed E-state index contributed by atoms with van der Waals surface area (Å²) >= 11 is 0. The van der Waals surface area contributed by atoms with Crippen LogP contribution in [0.25, 0.3) is 0 Å². The maximum atomic E-state index is 4.56. The average molecular weight is 311 g/mol. The Bertz CT molecular complexity index is 761. The first-order valence-electron chi connectivity index (χ1n) is 7.95. The number of para-hydroxylation sites is 1. The lowest BCUT2D eigenvalue weighted by atomic mass is 10.0. The summed E-state index contributed by atoms with van der Waals surface area (Å²) < 4.78 is 0. The van der Waals surface area contributed by atoms with Crippen molar-refractivity contribution in [3.63, 3.8) is 0 Å². The topological polar surface area (TPSA) is 19.4 Å². The molecule has 0 fully saturated rings. The quantitative estimate of drug-likeness (QED) is 0.709. The standard InChI is InChI=1S/C21H17N3/c1-3-9-18(10-4-1)21(20-13-7-8-14-22-20)24-16-15-23(17-24)19-11-5-2-6-12-19/h1-16,21H. The van der Waals surface area contributed by atoms with E-state index >= 15 is 0 Å². The van der Waals surface area contributed by atoms with Crippen molar-refractivity contribution < 1.29 is 0 Å². The van der Waals surface area contributed by atoms with E-state index in [0.29, 0.717) is 0 Å². The lowest BCUT2D eigenvalue weighted by Crippen LogP contribution is -2.25. The van der Waals surface area contributed by atoms with Gasteiger partial charge in [-0.25, -0.2) is 0 Å². The van der Waals surface area contributed by atoms with E-state index in [1.165, 1.54) is 5.56 Å². The lowest BCUT2D eigenvalue weighted by molar-refractivity contribution is 0.388. The van der Waals surface area contributed by atoms with Crippen molar-refractivity contribution in [3.8, 4) is 0 Å². The summed E-state index contributed by atoms with van der Waals surface area (Å²) in [4.78, 5) is 8.64. The number of rotatable bonds is 4. The van der Waals surface area contributed by atoms with Crippen molar-refractivity contribution in [2.75, 3.05) is 4.90 Å². The third-order valence-electron chi connectivity index (χ3n) is 4.00. The third-order valence-corrected chi connectivity index (χ3v) is 4.00. The SMILES string of the molecule is [C]1N(c2ccccc2)C=CN1C(c1ccccc1)c1ccccn1. The summed E-state index contributed by atoms with van der Waals surface area (Å²) in [6.45, 7) is 3.42. The third kappa shape index (κ3) is 2.88. The first kappa shape index (κ1) is 14.5. The lowest BCUT2D eigenvalue weighted by Gasteiger charge is -2.28. The van der Waals surface area contributed by atoms with Crippen LogP contribution in [0.2, 0.25) is 0 Å². The highest BCUT2D eigenvalue weighted by Crippen LogP contribution is 2.33. The van der Waals surface area contributed by atoms with Gasteiger partial charge >= 0.3 is 0 Å². The fourth-order valence-electron chi connectivity index (χ4n) is 2.85. The van der Waals surface area contributed by atoms with Gasteiger partial charge in [0.05, 0.1) is 11.7 Å². The van der Waals surface area contributed by atoms with Crippen LogP contribution in [0.1, 0.15) is 17.3 Å². The molecule has 2 heterocycles. The molecule has 1 atom stereocenters. The van der Waals surface area contributed by atoms with Gasteiger partial charge in [0.25, 0.3) is 0 Å². The van der Waals surface area contributed by atoms with Crippen molar-refractivity contribution in [1.82, 2.24) is 9.88 Å². The Morgan fingerprint density at radius 1 is 0.750 bits per heavy atom. The Kier molecular flexibility index (Phi) is 3.98. The number of pyridine rings is 1. The molecule has 0 saturated heterocycles. The second kappa shape index (κ2) is 6.59. The highest BCUT2D eigenvalue weighted by atomic mass is 15.4. The molecule has 0 bridgehead atoms. The van der Waals surface area contributed by atoms with Crippen molar-refractivity contribution in [3.05, 3.63) is 115 Å². The predicted octanol–water partition coefficient (Wildman–Crippen LogP) is 4.46. The molecule has 0 amide bonds. The normalized spacial score (nSPS) is 14.8. The minimum Gasteiger partial charge on any atom is -0.333 e. The number of hydrogen-bond acceptors (Lipinski definition) is 3. The molecule has 0 saturated carbocycles. The minimum atomic E-state index is -0.00244. The largest absolute Gasteiger partial charge is 0.333 e. The number of anilines is 1. The molecule has 2 radical (unpaired) electrons. The Balaban J connectivity index is 1.65. The van der Waals surface area contributed by atoms with Gasteiger partial charge in [-0.1, -0.05) is 54.6 Å². The molecule has 116 valence electrons. The number of hydrogen-bond donors (Lipinski definition) is 0. The van der Waals surface area contributed by atoms with Crippen LogP contribution >= 0.6 is 0 Å². The molecule has 0 spiro atoms. The summed E-state index contributed by atoms with van der Waals surface area (Å²) in [5, 5.41) is 0. The Hall–Kier alpha value is -3.07. The highest BCUT2D eigenvalue weighted by molar-refractivity contribution is 5.52. The molecule has 3 aromatic rings. The van der Waals surface area contributed by atoms with E-state index < -0.39 is 0 Å². The molecule has 3 nitrogen and oxygen atoms in total. The number of benzene rings is 2. The molecule has 2 aromatic carbocycles. The van der Waals surface area contributed by atoms with Gasteiger partial charge in [0, 0.05) is 24.3 Å². The van der Waals surface area contributed by atoms with E-state index in [4.69, 9.17) is 0 Å². The van der Waals surface area contributed by atoms with E-state index in [1.54, 1.807) is 0 Å². The summed E-state index contributed by atoms with van der Waals surface area (Å²) in [5.74, 6) is 0. The molecule has 1 aliphatic heterocycles. The summed E-state index contributed by atoms with van der Waals surface area (Å²) in [5.41, 5.74) is 3.27. The van der Waals surface area contributed by atoms with Gasteiger partial charge in [-0.15, -0.1) is 0 Å². The van der Waals surface area contributed by atoms with Crippen molar-refractivity contribution in [2.45, 2.75) is 6.04 Å². The van der Waals surface area contributed by atoms with Crippen LogP contribution in [0.3, 0.4) is 0 Å². The molecular weight excluding hydrogens is 294 g/mol. The zero-order valence-corrected chi connectivity index (χ0v) is 13.2. The number of aromatic nitrogens is 1. The van der Waals surface area contributed by atoms with Crippen LogP contribution < -0.4 is 4.90 Å². The van der Waals surface area contributed by atoms with Crippen molar-refractivity contribution in [1.29, 1.82) is 0 Å². The smallest absolute Gasteiger partial charge is 0.213 e. The van der Waals surface area contributed by atoms with E-state index in [9.17, 15) is 0 Å². The van der Waals surface area contributed by atoms with E-state index in [0.717, 1.165) is 11.4 Å². The van der Waals surface area contributed by atoms with Crippen LogP contribution in [0.5, 0.6) is 0 Å². The molecule has 0 aliphatic carbocycles. The van der Waals surface area contributed by atoms with Crippen LogP contribution in [0, 0.1) is 6.67 Å². The fraction of sp³-hybridized carbons (Fsp3) is 0.0476. The monoisotopic (exact) mass is 311 g/mol. The van der Waals surface area contributed by atoms with Gasteiger partial charge in [-0.2, -0.15) is 0 Å². The Morgan fingerprint density at radius 2 is 1.46 bits per heavy atom. The van der Waals surface area contributed by atoms with Crippen LogP contribution in [-0.2, 0) is 0 Å². The first-order valence-corrected chi connectivity index (χ1v) is 7.95. The molecule has 1 aliphatic rings. The van der Waals surface area contributed by atoms with Crippen molar-refractivity contribution >= 4 is 5.69 Å². The second-order valence-corrected chi connectivity index (χ2v) is 5.58. The van der Waals surface area contributed by atoms with E-state index in [-0.39, 0.29) is 6.04 Å². The molecule has 0 N–H and O–H groups in total. The van der Waals surface area contributed by atoms with E-state index in [2.05, 4.69) is 59.0 Å². The van der Waals surface area contributed by atoms with Gasteiger partial charge in [0.15, 0.2) is 0 Å². The van der Waals surface area contributed by atoms with Crippen molar-refractivity contribution in [2.24, 2.45) is 0 Å². The molecule has 24 heavy (non-hydrogen) atoms. The summed E-state index contributed by atoms with van der Waals surface area (Å²) in [7, 11) is 0. The maximum Gasteiger partial charge on any atom is 0.213 e. The summed E-state index contributed by atoms with van der Waals surface area (Å²) in [6, 6.07) is 26.6. The van der Waals surface area contributed by atoms with Crippen LogP contribution in [-0.4, -0.2) is 9.88 Å². The molecule has 1 unspecified atom stereocenters. The first-order chi connectivity index (χ1) is 11.9. The van der Waals surface area contributed by atoms with Gasteiger partial charge < -0.3 is 9.80 Å².